The van der Waals surface area contributed by atoms with E-state index in [0.29, 0.717) is 0 Å². The first-order valence-corrected chi connectivity index (χ1v) is 7.87. The summed E-state index contributed by atoms with van der Waals surface area (Å²) in [5.74, 6) is -1.85. The summed E-state index contributed by atoms with van der Waals surface area (Å²) in [6, 6.07) is 9.29. The minimum atomic E-state index is -1.13. The van der Waals surface area contributed by atoms with Crippen LogP contribution in [-0.2, 0) is 0 Å². The summed E-state index contributed by atoms with van der Waals surface area (Å²) in [6.07, 6.45) is 0. The van der Waals surface area contributed by atoms with Crippen LogP contribution in [0.15, 0.2) is 36.4 Å². The molecule has 7 heteroatoms. The Labute approximate surface area is 147 Å². The maximum Gasteiger partial charge on any atom is 0.337 e. The first kappa shape index (κ1) is 16.0. The molecule has 0 fully saturated rings. The van der Waals surface area contributed by atoms with Gasteiger partial charge < -0.3 is 15.5 Å². The van der Waals surface area contributed by atoms with Crippen molar-refractivity contribution in [1.82, 2.24) is 0 Å². The molecule has 0 bridgehead atoms. The Morgan fingerprint density at radius 1 is 0.952 bits per heavy atom. The lowest BCUT2D eigenvalue weighted by Crippen LogP contribution is -2.15. The highest BCUT2D eigenvalue weighted by atomic mass is 127. The van der Waals surface area contributed by atoms with Crippen LogP contribution in [0.25, 0.3) is 0 Å². The highest BCUT2D eigenvalue weighted by Gasteiger charge is 2.16. The van der Waals surface area contributed by atoms with Crippen molar-refractivity contribution in [2.75, 3.05) is 5.32 Å². The van der Waals surface area contributed by atoms with Gasteiger partial charge in [-0.15, -0.1) is 0 Å². The number of carboxylic acid groups (broad SMARTS) is 1. The van der Waals surface area contributed by atoms with Crippen molar-refractivity contribution >= 4 is 62.7 Å². The molecule has 108 valence electrons. The van der Waals surface area contributed by atoms with Crippen LogP contribution in [0, 0.1) is 7.14 Å². The van der Waals surface area contributed by atoms with Gasteiger partial charge in [-0.2, -0.15) is 0 Å². The van der Waals surface area contributed by atoms with Crippen LogP contribution in [0.2, 0.25) is 0 Å². The smallest absolute Gasteiger partial charge is 0.337 e. The molecule has 0 aliphatic heterocycles. The lowest BCUT2D eigenvalue weighted by Gasteiger charge is -2.10. The number of anilines is 1. The molecule has 2 aromatic carbocycles. The van der Waals surface area contributed by atoms with Gasteiger partial charge in [-0.3, -0.25) is 4.79 Å². The Kier molecular flexibility index (Phi) is 5.04. The number of carbonyl (C=O) groups excluding carboxylic acids is 1. The van der Waals surface area contributed by atoms with Crippen molar-refractivity contribution in [3.05, 3.63) is 54.7 Å². The van der Waals surface area contributed by atoms with Crippen molar-refractivity contribution < 1.29 is 19.8 Å². The number of aromatic carboxylic acids is 1. The molecule has 21 heavy (non-hydrogen) atoms. The molecular formula is C14H9I2NO4. The average molecular weight is 509 g/mol. The van der Waals surface area contributed by atoms with Crippen molar-refractivity contribution in [2.24, 2.45) is 0 Å². The fourth-order valence-corrected chi connectivity index (χ4v) is 2.66. The van der Waals surface area contributed by atoms with Gasteiger partial charge in [0.25, 0.3) is 5.91 Å². The van der Waals surface area contributed by atoms with E-state index in [2.05, 4.69) is 5.32 Å². The molecule has 0 unspecified atom stereocenters. The van der Waals surface area contributed by atoms with Crippen LogP contribution in [0.3, 0.4) is 0 Å². The number of hydrogen-bond donors (Lipinski definition) is 3. The van der Waals surface area contributed by atoms with E-state index in [4.69, 9.17) is 5.11 Å². The zero-order valence-corrected chi connectivity index (χ0v) is 14.7. The van der Waals surface area contributed by atoms with Gasteiger partial charge in [-0.25, -0.2) is 4.79 Å². The molecule has 2 aromatic rings. The molecule has 0 radical (unpaired) electrons. The van der Waals surface area contributed by atoms with Gasteiger partial charge in [0.2, 0.25) is 0 Å². The molecule has 0 heterocycles. The van der Waals surface area contributed by atoms with Gasteiger partial charge in [0.05, 0.1) is 16.8 Å². The molecule has 0 saturated carbocycles. The Morgan fingerprint density at radius 2 is 1.52 bits per heavy atom. The van der Waals surface area contributed by atoms with Crippen LogP contribution < -0.4 is 5.32 Å². The minimum absolute atomic E-state index is 0.000341. The lowest BCUT2D eigenvalue weighted by molar-refractivity contribution is 0.0698. The molecular weight excluding hydrogens is 500 g/mol. The van der Waals surface area contributed by atoms with Gasteiger partial charge in [0.15, 0.2) is 0 Å². The van der Waals surface area contributed by atoms with Gasteiger partial charge >= 0.3 is 5.97 Å². The molecule has 0 spiro atoms. The summed E-state index contributed by atoms with van der Waals surface area (Å²) < 4.78 is 1.54. The fourth-order valence-electron chi connectivity index (χ4n) is 1.68. The van der Waals surface area contributed by atoms with Crippen LogP contribution in [0.4, 0.5) is 5.69 Å². The number of aromatic hydroxyl groups is 1. The molecule has 0 aliphatic rings. The van der Waals surface area contributed by atoms with Gasteiger partial charge in [0.1, 0.15) is 5.75 Å². The second kappa shape index (κ2) is 6.60. The van der Waals surface area contributed by atoms with E-state index < -0.39 is 11.9 Å². The number of nitrogens with one attached hydrogen (secondary N) is 1. The molecule has 2 rings (SSSR count). The quantitative estimate of drug-likeness (QED) is 0.553. The maximum atomic E-state index is 12.2. The number of carbonyl (C=O) groups is 2. The Balaban J connectivity index is 2.36. The second-order valence-electron chi connectivity index (χ2n) is 4.11. The van der Waals surface area contributed by atoms with E-state index in [-0.39, 0.29) is 22.6 Å². The number of hydrogen-bond acceptors (Lipinski definition) is 3. The van der Waals surface area contributed by atoms with Crippen LogP contribution in [0.5, 0.6) is 5.75 Å². The predicted octanol–water partition coefficient (Wildman–Crippen LogP) is 3.55. The summed E-state index contributed by atoms with van der Waals surface area (Å²) >= 11 is 4.02. The van der Waals surface area contributed by atoms with E-state index in [0.717, 1.165) is 7.14 Å². The van der Waals surface area contributed by atoms with Gasteiger partial charge in [-0.05, 0) is 81.6 Å². The van der Waals surface area contributed by atoms with Crippen molar-refractivity contribution in [3.63, 3.8) is 0 Å². The minimum Gasteiger partial charge on any atom is -0.507 e. The van der Waals surface area contributed by atoms with Crippen molar-refractivity contribution in [3.8, 4) is 5.75 Å². The summed E-state index contributed by atoms with van der Waals surface area (Å²) in [7, 11) is 0. The summed E-state index contributed by atoms with van der Waals surface area (Å²) in [5.41, 5.74) is 0.281. The van der Waals surface area contributed by atoms with Crippen LogP contribution in [-0.4, -0.2) is 22.1 Å². The zero-order valence-electron chi connectivity index (χ0n) is 10.4. The highest BCUT2D eigenvalue weighted by Crippen LogP contribution is 2.23. The first-order valence-electron chi connectivity index (χ1n) is 5.71. The van der Waals surface area contributed by atoms with E-state index in [9.17, 15) is 14.7 Å². The largest absolute Gasteiger partial charge is 0.507 e. The third-order valence-electron chi connectivity index (χ3n) is 2.66. The predicted molar refractivity (Wildman–Crippen MR) is 94.9 cm³/mol. The number of phenols is 1. The number of halogens is 2. The average Bonchev–Trinajstić information content (AvgIpc) is 2.43. The number of rotatable bonds is 3. The molecule has 5 nitrogen and oxygen atoms in total. The molecule has 0 saturated heterocycles. The number of phenolic OH excluding ortho intramolecular Hbond substituents is 1. The lowest BCUT2D eigenvalue weighted by atomic mass is 10.1. The molecule has 0 aromatic heterocycles. The topological polar surface area (TPSA) is 86.6 Å². The number of carboxylic acids is 1. The fraction of sp³-hybridized carbons (Fsp3) is 0. The van der Waals surface area contributed by atoms with Crippen LogP contribution in [0.1, 0.15) is 20.7 Å². The van der Waals surface area contributed by atoms with E-state index in [1.165, 1.54) is 24.3 Å². The van der Waals surface area contributed by atoms with E-state index in [1.54, 1.807) is 12.1 Å². The molecule has 0 atom stereocenters. The molecule has 1 amide bonds. The van der Waals surface area contributed by atoms with E-state index in [1.807, 2.05) is 45.2 Å². The highest BCUT2D eigenvalue weighted by molar-refractivity contribution is 14.1. The number of benzene rings is 2. The summed E-state index contributed by atoms with van der Waals surface area (Å²) in [4.78, 5) is 23.4. The zero-order chi connectivity index (χ0) is 15.6. The summed E-state index contributed by atoms with van der Waals surface area (Å²) in [6.45, 7) is 0. The SMILES string of the molecule is O=C(Nc1ccc(I)cc1C(=O)O)c1cc(I)ccc1O. The second-order valence-corrected chi connectivity index (χ2v) is 6.60. The van der Waals surface area contributed by atoms with Gasteiger partial charge in [0, 0.05) is 7.14 Å². The third-order valence-corrected chi connectivity index (χ3v) is 4.01. The Bertz CT molecular complexity index is 731. The Morgan fingerprint density at radius 3 is 2.14 bits per heavy atom. The molecule has 0 aliphatic carbocycles. The van der Waals surface area contributed by atoms with Gasteiger partial charge in [-0.1, -0.05) is 0 Å². The maximum absolute atomic E-state index is 12.2. The van der Waals surface area contributed by atoms with E-state index >= 15 is 0 Å². The number of amides is 1. The molecule has 3 N–H and O–H groups in total. The first-order chi connectivity index (χ1) is 9.88. The van der Waals surface area contributed by atoms with Crippen LogP contribution >= 0.6 is 45.2 Å². The Hall–Kier alpha value is -1.36. The third kappa shape index (κ3) is 3.84. The van der Waals surface area contributed by atoms with Crippen molar-refractivity contribution in [2.45, 2.75) is 0 Å². The normalized spacial score (nSPS) is 10.2. The van der Waals surface area contributed by atoms with Crippen molar-refractivity contribution in [1.29, 1.82) is 0 Å². The summed E-state index contributed by atoms with van der Waals surface area (Å²) in [5, 5.41) is 21.4. The monoisotopic (exact) mass is 509 g/mol. The standard InChI is InChI=1S/C14H9I2NO4/c15-7-1-3-11(9(5-7)14(20)21)17-13(19)10-6-8(16)2-4-12(10)18/h1-6,18H,(H,17,19)(H,20,21).